The highest BCUT2D eigenvalue weighted by atomic mass is 35.5. The Labute approximate surface area is 144 Å². The zero-order valence-corrected chi connectivity index (χ0v) is 15.6. The van der Waals surface area contributed by atoms with Gasteiger partial charge in [0.25, 0.3) is 0 Å². The van der Waals surface area contributed by atoms with Gasteiger partial charge in [0.05, 0.1) is 10.9 Å². The average Bonchev–Trinajstić information content (AvgIpc) is 2.51. The van der Waals surface area contributed by atoms with Crippen molar-refractivity contribution in [2.45, 2.75) is 37.8 Å². The van der Waals surface area contributed by atoms with E-state index in [1.807, 2.05) is 13.8 Å². The van der Waals surface area contributed by atoms with E-state index in [4.69, 9.17) is 5.73 Å². The summed E-state index contributed by atoms with van der Waals surface area (Å²) in [7, 11) is -0.455. The van der Waals surface area contributed by atoms with Crippen LogP contribution >= 0.6 is 12.4 Å². The second-order valence-electron chi connectivity index (χ2n) is 5.56. The molecule has 0 aliphatic carbocycles. The van der Waals surface area contributed by atoms with Crippen molar-refractivity contribution in [2.75, 3.05) is 14.1 Å². The van der Waals surface area contributed by atoms with Crippen LogP contribution in [0.5, 0.6) is 0 Å². The summed E-state index contributed by atoms with van der Waals surface area (Å²) in [6.45, 7) is 4.25. The lowest BCUT2D eigenvalue weighted by molar-refractivity contribution is -0.123. The number of hydrogen-bond acceptors (Lipinski definition) is 4. The highest BCUT2D eigenvalue weighted by molar-refractivity contribution is 7.89. The number of sulfonamides is 1. The van der Waals surface area contributed by atoms with E-state index in [-0.39, 0.29) is 29.1 Å². The summed E-state index contributed by atoms with van der Waals surface area (Å²) in [6.07, 6.45) is 0.839. The average molecular weight is 364 g/mol. The van der Waals surface area contributed by atoms with Gasteiger partial charge in [0.15, 0.2) is 0 Å². The molecule has 0 aliphatic heterocycles. The Morgan fingerprint density at radius 1 is 1.26 bits per heavy atom. The second kappa shape index (κ2) is 9.22. The van der Waals surface area contributed by atoms with Crippen molar-refractivity contribution in [1.29, 1.82) is 0 Å². The van der Waals surface area contributed by atoms with Crippen LogP contribution in [-0.4, -0.2) is 38.8 Å². The minimum Gasteiger partial charge on any atom is -0.351 e. The van der Waals surface area contributed by atoms with Crippen LogP contribution in [0.15, 0.2) is 29.2 Å². The van der Waals surface area contributed by atoms with Crippen LogP contribution in [0.2, 0.25) is 0 Å². The van der Waals surface area contributed by atoms with Crippen molar-refractivity contribution in [2.24, 2.45) is 11.7 Å². The van der Waals surface area contributed by atoms with E-state index in [0.717, 1.165) is 16.3 Å². The summed E-state index contributed by atoms with van der Waals surface area (Å²) in [5.41, 5.74) is 6.67. The molecule has 1 amide bonds. The number of nitrogens with zero attached hydrogens (tertiary/aromatic N) is 1. The molecule has 132 valence electrons. The van der Waals surface area contributed by atoms with Gasteiger partial charge >= 0.3 is 0 Å². The molecule has 0 aromatic heterocycles. The number of rotatable bonds is 7. The van der Waals surface area contributed by atoms with E-state index >= 15 is 0 Å². The molecule has 1 rings (SSSR count). The standard InChI is InChI=1S/C15H25N3O3S.ClH/c1-5-11(2)14(16)15(19)17-10-12-6-8-13(9-7-12)22(20,21)18(3)4;/h6-9,11,14H,5,10,16H2,1-4H3,(H,17,19);1H. The van der Waals surface area contributed by atoms with E-state index in [1.165, 1.54) is 26.2 Å². The first-order valence-electron chi connectivity index (χ1n) is 7.25. The van der Waals surface area contributed by atoms with Gasteiger partial charge in [0.1, 0.15) is 0 Å². The number of halogens is 1. The van der Waals surface area contributed by atoms with Crippen molar-refractivity contribution >= 4 is 28.3 Å². The molecule has 1 aromatic rings. The molecule has 2 unspecified atom stereocenters. The van der Waals surface area contributed by atoms with Crippen molar-refractivity contribution < 1.29 is 13.2 Å². The fraction of sp³-hybridized carbons (Fsp3) is 0.533. The Hall–Kier alpha value is -1.15. The Balaban J connectivity index is 0.00000484. The van der Waals surface area contributed by atoms with Crippen LogP contribution in [0.3, 0.4) is 0 Å². The molecule has 2 atom stereocenters. The Morgan fingerprint density at radius 3 is 2.22 bits per heavy atom. The topological polar surface area (TPSA) is 92.5 Å². The molecule has 3 N–H and O–H groups in total. The second-order valence-corrected chi connectivity index (χ2v) is 7.71. The lowest BCUT2D eigenvalue weighted by Gasteiger charge is -2.17. The SMILES string of the molecule is CCC(C)C(N)C(=O)NCc1ccc(S(=O)(=O)N(C)C)cc1.Cl. The van der Waals surface area contributed by atoms with Gasteiger partial charge in [-0.1, -0.05) is 32.4 Å². The predicted octanol–water partition coefficient (Wildman–Crippen LogP) is 1.35. The van der Waals surface area contributed by atoms with E-state index in [2.05, 4.69) is 5.32 Å². The monoisotopic (exact) mass is 363 g/mol. The van der Waals surface area contributed by atoms with Crippen LogP contribution in [0.1, 0.15) is 25.8 Å². The molecule has 0 spiro atoms. The number of carbonyl (C=O) groups excluding carboxylic acids is 1. The van der Waals surface area contributed by atoms with Gasteiger partial charge in [-0.25, -0.2) is 12.7 Å². The fourth-order valence-corrected chi connectivity index (χ4v) is 2.71. The van der Waals surface area contributed by atoms with Gasteiger partial charge in [0.2, 0.25) is 15.9 Å². The normalized spacial score (nSPS) is 14.0. The Bertz CT molecular complexity index is 603. The lowest BCUT2D eigenvalue weighted by atomic mass is 9.99. The minimum atomic E-state index is -3.43. The smallest absolute Gasteiger partial charge is 0.242 e. The Kier molecular flexibility index (Phi) is 8.76. The fourth-order valence-electron chi connectivity index (χ4n) is 1.81. The van der Waals surface area contributed by atoms with E-state index in [1.54, 1.807) is 12.1 Å². The van der Waals surface area contributed by atoms with Crippen molar-refractivity contribution in [3.05, 3.63) is 29.8 Å². The van der Waals surface area contributed by atoms with Crippen molar-refractivity contribution in [1.82, 2.24) is 9.62 Å². The predicted molar refractivity (Wildman–Crippen MR) is 93.8 cm³/mol. The maximum absolute atomic E-state index is 11.9. The van der Waals surface area contributed by atoms with Gasteiger partial charge < -0.3 is 11.1 Å². The van der Waals surface area contributed by atoms with Gasteiger partial charge in [-0.05, 0) is 23.6 Å². The third kappa shape index (κ3) is 5.76. The van der Waals surface area contributed by atoms with Gasteiger partial charge in [-0.2, -0.15) is 0 Å². The quantitative estimate of drug-likeness (QED) is 0.764. The highest BCUT2D eigenvalue weighted by Gasteiger charge is 2.19. The van der Waals surface area contributed by atoms with E-state index < -0.39 is 16.1 Å². The third-order valence-corrected chi connectivity index (χ3v) is 5.56. The summed E-state index contributed by atoms with van der Waals surface area (Å²) in [5.74, 6) is -0.0769. The number of benzene rings is 1. The summed E-state index contributed by atoms with van der Waals surface area (Å²) in [6, 6.07) is 5.91. The molecule has 0 saturated heterocycles. The van der Waals surface area contributed by atoms with Crippen molar-refractivity contribution in [3.63, 3.8) is 0 Å². The molecular formula is C15H26ClN3O3S. The zero-order valence-electron chi connectivity index (χ0n) is 13.9. The number of carbonyl (C=O) groups is 1. The van der Waals surface area contributed by atoms with Crippen LogP contribution < -0.4 is 11.1 Å². The van der Waals surface area contributed by atoms with Gasteiger partial charge in [-0.15, -0.1) is 12.4 Å². The molecular weight excluding hydrogens is 338 g/mol. The maximum atomic E-state index is 11.9. The van der Waals surface area contributed by atoms with Crippen LogP contribution in [-0.2, 0) is 21.4 Å². The van der Waals surface area contributed by atoms with E-state index in [9.17, 15) is 13.2 Å². The molecule has 8 heteroatoms. The number of nitrogens with one attached hydrogen (secondary N) is 1. The van der Waals surface area contributed by atoms with Gasteiger partial charge in [-0.3, -0.25) is 4.79 Å². The first kappa shape index (κ1) is 21.9. The highest BCUT2D eigenvalue weighted by Crippen LogP contribution is 2.14. The zero-order chi connectivity index (χ0) is 16.9. The lowest BCUT2D eigenvalue weighted by Crippen LogP contribution is -2.44. The summed E-state index contributed by atoms with van der Waals surface area (Å²) in [5, 5.41) is 2.77. The molecule has 0 heterocycles. The molecule has 0 fully saturated rings. The minimum absolute atomic E-state index is 0. The van der Waals surface area contributed by atoms with Crippen LogP contribution in [0.4, 0.5) is 0 Å². The first-order valence-corrected chi connectivity index (χ1v) is 8.69. The molecule has 0 aliphatic rings. The summed E-state index contributed by atoms with van der Waals surface area (Å²) >= 11 is 0. The molecule has 0 radical (unpaired) electrons. The molecule has 0 bridgehead atoms. The molecule has 1 aromatic carbocycles. The third-order valence-electron chi connectivity index (χ3n) is 3.73. The number of nitrogens with two attached hydrogens (primary N) is 1. The van der Waals surface area contributed by atoms with Crippen LogP contribution in [0.25, 0.3) is 0 Å². The van der Waals surface area contributed by atoms with Gasteiger partial charge in [0, 0.05) is 20.6 Å². The molecule has 23 heavy (non-hydrogen) atoms. The molecule has 0 saturated carbocycles. The summed E-state index contributed by atoms with van der Waals surface area (Å²) in [4.78, 5) is 12.1. The van der Waals surface area contributed by atoms with Crippen LogP contribution in [0, 0.1) is 5.92 Å². The number of hydrogen-bond donors (Lipinski definition) is 2. The van der Waals surface area contributed by atoms with Crippen molar-refractivity contribution in [3.8, 4) is 0 Å². The Morgan fingerprint density at radius 2 is 1.78 bits per heavy atom. The largest absolute Gasteiger partial charge is 0.351 e. The maximum Gasteiger partial charge on any atom is 0.242 e. The summed E-state index contributed by atoms with van der Waals surface area (Å²) < 4.78 is 25.1. The van der Waals surface area contributed by atoms with E-state index in [0.29, 0.717) is 6.54 Å². The molecule has 6 nitrogen and oxygen atoms in total. The first-order chi connectivity index (χ1) is 10.2. The number of amides is 1.